The summed E-state index contributed by atoms with van der Waals surface area (Å²) in [4.78, 5) is 22.3. The van der Waals surface area contributed by atoms with Gasteiger partial charge in [0.25, 0.3) is 5.56 Å². The first-order valence-corrected chi connectivity index (χ1v) is 9.39. The van der Waals surface area contributed by atoms with E-state index in [-0.39, 0.29) is 5.56 Å². The van der Waals surface area contributed by atoms with Crippen LogP contribution in [0.5, 0.6) is 0 Å². The molecule has 1 aliphatic rings. The van der Waals surface area contributed by atoms with Gasteiger partial charge in [0, 0.05) is 26.2 Å². The van der Waals surface area contributed by atoms with Crippen LogP contribution in [0.15, 0.2) is 47.3 Å². The Kier molecular flexibility index (Phi) is 4.82. The molecule has 1 saturated heterocycles. The van der Waals surface area contributed by atoms with Crippen molar-refractivity contribution in [3.8, 4) is 5.69 Å². The molecule has 152 valence electrons. The van der Waals surface area contributed by atoms with Crippen LogP contribution >= 0.6 is 0 Å². The molecule has 29 heavy (non-hydrogen) atoms. The average Bonchev–Trinajstić information content (AvgIpc) is 2.68. The van der Waals surface area contributed by atoms with Crippen LogP contribution in [-0.2, 0) is 6.18 Å². The Balaban J connectivity index is 1.81. The Hall–Kier alpha value is -2.87. The number of para-hydroxylation sites is 1. The van der Waals surface area contributed by atoms with E-state index in [2.05, 4.69) is 21.8 Å². The second-order valence-electron chi connectivity index (χ2n) is 7.31. The van der Waals surface area contributed by atoms with Crippen molar-refractivity contribution in [1.29, 1.82) is 0 Å². The molecule has 0 saturated carbocycles. The summed E-state index contributed by atoms with van der Waals surface area (Å²) >= 11 is 0. The lowest BCUT2D eigenvalue weighted by Crippen LogP contribution is -2.44. The lowest BCUT2D eigenvalue weighted by molar-refractivity contribution is -0.137. The molecule has 5 nitrogen and oxygen atoms in total. The first-order chi connectivity index (χ1) is 13.8. The van der Waals surface area contributed by atoms with Gasteiger partial charge in [0.15, 0.2) is 0 Å². The molecule has 1 aromatic heterocycles. The maximum absolute atomic E-state index is 13.2. The third kappa shape index (κ3) is 3.60. The molecule has 2 heterocycles. The van der Waals surface area contributed by atoms with Gasteiger partial charge in [-0.1, -0.05) is 6.07 Å². The van der Waals surface area contributed by atoms with Gasteiger partial charge in [-0.05, 0) is 50.4 Å². The monoisotopic (exact) mass is 402 g/mol. The fourth-order valence-corrected chi connectivity index (χ4v) is 3.71. The number of aromatic nitrogens is 2. The number of piperazine rings is 1. The number of nitrogens with zero attached hydrogens (tertiary/aromatic N) is 4. The van der Waals surface area contributed by atoms with Gasteiger partial charge in [0.1, 0.15) is 11.3 Å². The van der Waals surface area contributed by atoms with Crippen LogP contribution in [0.25, 0.3) is 16.6 Å². The molecule has 0 atom stereocenters. The van der Waals surface area contributed by atoms with E-state index >= 15 is 0 Å². The number of aryl methyl sites for hydroxylation is 1. The highest BCUT2D eigenvalue weighted by Gasteiger charge is 2.30. The molecule has 0 bridgehead atoms. The standard InChI is InChI=1S/C21H21F3N4O/c1-14-25-19-17(4-3-5-18(19)27-12-10-26(2)11-13-27)20(29)28(14)16-8-6-15(7-9-16)21(22,23)24/h3-9H,10-13H2,1-2H3. The number of hydrogen-bond acceptors (Lipinski definition) is 4. The molecule has 1 aliphatic heterocycles. The third-order valence-corrected chi connectivity index (χ3v) is 5.34. The molecule has 0 spiro atoms. The second-order valence-corrected chi connectivity index (χ2v) is 7.31. The summed E-state index contributed by atoms with van der Waals surface area (Å²) in [6.07, 6.45) is -4.42. The lowest BCUT2D eigenvalue weighted by Gasteiger charge is -2.34. The fourth-order valence-electron chi connectivity index (χ4n) is 3.71. The maximum atomic E-state index is 13.2. The highest BCUT2D eigenvalue weighted by atomic mass is 19.4. The van der Waals surface area contributed by atoms with Crippen molar-refractivity contribution < 1.29 is 13.2 Å². The highest BCUT2D eigenvalue weighted by Crippen LogP contribution is 2.30. The molecular weight excluding hydrogens is 381 g/mol. The predicted molar refractivity (Wildman–Crippen MR) is 107 cm³/mol. The molecular formula is C21H21F3N4O. The van der Waals surface area contributed by atoms with E-state index in [9.17, 15) is 18.0 Å². The minimum absolute atomic E-state index is 0.289. The highest BCUT2D eigenvalue weighted by molar-refractivity contribution is 5.90. The zero-order valence-electron chi connectivity index (χ0n) is 16.2. The van der Waals surface area contributed by atoms with Crippen molar-refractivity contribution in [2.24, 2.45) is 0 Å². The van der Waals surface area contributed by atoms with Crippen LogP contribution < -0.4 is 10.5 Å². The maximum Gasteiger partial charge on any atom is 0.416 e. The van der Waals surface area contributed by atoms with Crippen molar-refractivity contribution in [2.45, 2.75) is 13.1 Å². The van der Waals surface area contributed by atoms with Crippen molar-refractivity contribution >= 4 is 16.6 Å². The smallest absolute Gasteiger partial charge is 0.367 e. The lowest BCUT2D eigenvalue weighted by atomic mass is 10.1. The van der Waals surface area contributed by atoms with E-state index < -0.39 is 11.7 Å². The van der Waals surface area contributed by atoms with Crippen molar-refractivity contribution in [3.63, 3.8) is 0 Å². The SMILES string of the molecule is Cc1nc2c(N3CCN(C)CC3)cccc2c(=O)n1-c1ccc(C(F)(F)F)cc1. The summed E-state index contributed by atoms with van der Waals surface area (Å²) in [5.74, 6) is 0.434. The minimum Gasteiger partial charge on any atom is -0.367 e. The van der Waals surface area contributed by atoms with E-state index in [0.717, 1.165) is 44.0 Å². The Morgan fingerprint density at radius 3 is 2.24 bits per heavy atom. The molecule has 0 amide bonds. The number of likely N-dealkylation sites (N-methyl/N-ethyl adjacent to an activating group) is 1. The molecule has 0 unspecified atom stereocenters. The molecule has 2 aromatic carbocycles. The van der Waals surface area contributed by atoms with Crippen molar-refractivity contribution in [2.75, 3.05) is 38.1 Å². The van der Waals surface area contributed by atoms with Crippen molar-refractivity contribution in [1.82, 2.24) is 14.5 Å². The number of anilines is 1. The summed E-state index contributed by atoms with van der Waals surface area (Å²) in [5.41, 5.74) is 0.860. The van der Waals surface area contributed by atoms with Crippen LogP contribution in [0.2, 0.25) is 0 Å². The summed E-state index contributed by atoms with van der Waals surface area (Å²) in [6, 6.07) is 10.1. The van der Waals surface area contributed by atoms with E-state index in [0.29, 0.717) is 22.4 Å². The van der Waals surface area contributed by atoms with E-state index in [1.54, 1.807) is 13.0 Å². The van der Waals surface area contributed by atoms with Crippen LogP contribution in [0, 0.1) is 6.92 Å². The number of fused-ring (bicyclic) bond motifs is 1. The third-order valence-electron chi connectivity index (χ3n) is 5.34. The molecule has 4 rings (SSSR count). The first-order valence-electron chi connectivity index (χ1n) is 9.39. The zero-order valence-corrected chi connectivity index (χ0v) is 16.2. The molecule has 0 N–H and O–H groups in total. The minimum atomic E-state index is -4.42. The molecule has 0 radical (unpaired) electrons. The predicted octanol–water partition coefficient (Wildman–Crippen LogP) is 3.46. The largest absolute Gasteiger partial charge is 0.416 e. The van der Waals surface area contributed by atoms with Crippen LogP contribution in [0.3, 0.4) is 0 Å². The van der Waals surface area contributed by atoms with Crippen LogP contribution in [0.1, 0.15) is 11.4 Å². The Morgan fingerprint density at radius 1 is 0.966 bits per heavy atom. The number of benzene rings is 2. The number of hydrogen-bond donors (Lipinski definition) is 0. The van der Waals surface area contributed by atoms with Gasteiger partial charge >= 0.3 is 6.18 Å². The fraction of sp³-hybridized carbons (Fsp3) is 0.333. The topological polar surface area (TPSA) is 41.4 Å². The van der Waals surface area contributed by atoms with Crippen LogP contribution in [-0.4, -0.2) is 47.7 Å². The Labute approximate surface area is 166 Å². The van der Waals surface area contributed by atoms with Gasteiger partial charge in [0.05, 0.1) is 22.3 Å². The molecule has 1 fully saturated rings. The normalized spacial score (nSPS) is 15.8. The van der Waals surface area contributed by atoms with E-state index in [1.807, 2.05) is 12.1 Å². The molecule has 8 heteroatoms. The summed E-state index contributed by atoms with van der Waals surface area (Å²) in [5, 5.41) is 0.451. The number of alkyl halides is 3. The zero-order chi connectivity index (χ0) is 20.8. The van der Waals surface area contributed by atoms with Gasteiger partial charge in [-0.2, -0.15) is 13.2 Å². The van der Waals surface area contributed by atoms with Gasteiger partial charge in [-0.15, -0.1) is 0 Å². The quantitative estimate of drug-likeness (QED) is 0.658. The summed E-state index contributed by atoms with van der Waals surface area (Å²) < 4.78 is 39.9. The number of rotatable bonds is 2. The van der Waals surface area contributed by atoms with E-state index in [4.69, 9.17) is 0 Å². The molecule has 0 aliphatic carbocycles. The van der Waals surface area contributed by atoms with Crippen molar-refractivity contribution in [3.05, 3.63) is 64.2 Å². The van der Waals surface area contributed by atoms with E-state index in [1.165, 1.54) is 16.7 Å². The second kappa shape index (κ2) is 7.18. The van der Waals surface area contributed by atoms with Gasteiger partial charge in [0.2, 0.25) is 0 Å². The van der Waals surface area contributed by atoms with Gasteiger partial charge < -0.3 is 9.80 Å². The number of halogens is 3. The van der Waals surface area contributed by atoms with Gasteiger partial charge in [-0.25, -0.2) is 4.98 Å². The Bertz CT molecular complexity index is 1100. The Morgan fingerprint density at radius 2 is 1.62 bits per heavy atom. The van der Waals surface area contributed by atoms with Crippen LogP contribution in [0.4, 0.5) is 18.9 Å². The summed E-state index contributed by atoms with van der Waals surface area (Å²) in [6.45, 7) is 5.24. The molecule has 3 aromatic rings. The first kappa shape index (κ1) is 19.4. The summed E-state index contributed by atoms with van der Waals surface area (Å²) in [7, 11) is 2.07. The van der Waals surface area contributed by atoms with Gasteiger partial charge in [-0.3, -0.25) is 9.36 Å². The average molecular weight is 402 g/mol.